The van der Waals surface area contributed by atoms with Crippen LogP contribution in [-0.4, -0.2) is 10.2 Å². The van der Waals surface area contributed by atoms with Crippen molar-refractivity contribution in [2.75, 3.05) is 10.2 Å². The summed E-state index contributed by atoms with van der Waals surface area (Å²) in [4.78, 5) is 1.42. The van der Waals surface area contributed by atoms with E-state index in [1.54, 1.807) is 0 Å². The van der Waals surface area contributed by atoms with Crippen molar-refractivity contribution in [2.45, 2.75) is 6.92 Å². The first-order valence-corrected chi connectivity index (χ1v) is 7.96. The van der Waals surface area contributed by atoms with Crippen molar-refractivity contribution in [3.05, 3.63) is 26.6 Å². The van der Waals surface area contributed by atoms with Crippen molar-refractivity contribution in [3.63, 3.8) is 0 Å². The van der Waals surface area contributed by atoms with E-state index >= 15 is 0 Å². The highest BCUT2D eigenvalue weighted by Gasteiger charge is 2.11. The first-order chi connectivity index (χ1) is 6.38. The number of thiophene rings is 1. The predicted molar refractivity (Wildman–Crippen MR) is 69.4 cm³/mol. The third-order valence-electron chi connectivity index (χ3n) is 1.74. The highest BCUT2D eigenvalue weighted by Crippen LogP contribution is 2.44. The maximum absolute atomic E-state index is 2.23. The van der Waals surface area contributed by atoms with Gasteiger partial charge in [-0.1, -0.05) is 6.07 Å². The summed E-state index contributed by atoms with van der Waals surface area (Å²) in [6.07, 6.45) is 0. The number of hydrogen-bond acceptors (Lipinski definition) is 4. The van der Waals surface area contributed by atoms with Crippen LogP contribution in [0.15, 0.2) is 21.7 Å². The number of allylic oxidation sites excluding steroid dienone is 1. The lowest BCUT2D eigenvalue weighted by atomic mass is 10.3. The first kappa shape index (κ1) is 10.0. The second-order valence-corrected chi connectivity index (χ2v) is 7.51. The molecule has 1 aliphatic heterocycles. The molecule has 1 aromatic rings. The molecular weight excluding hydrogens is 236 g/mol. The zero-order valence-electron chi connectivity index (χ0n) is 7.28. The van der Waals surface area contributed by atoms with E-state index < -0.39 is 0 Å². The van der Waals surface area contributed by atoms with Crippen LogP contribution in [0.4, 0.5) is 0 Å². The molecule has 0 N–H and O–H groups in total. The standard InChI is InChI=1S/C9H10S4/c1-7(8-3-2-4-11-8)9-12-5-10-6-13-9/h2-4H,5-6H2,1H3. The van der Waals surface area contributed by atoms with Gasteiger partial charge in [0, 0.05) is 19.3 Å². The quantitative estimate of drug-likeness (QED) is 0.712. The van der Waals surface area contributed by atoms with Crippen LogP contribution < -0.4 is 0 Å². The van der Waals surface area contributed by atoms with Crippen LogP contribution in [0.3, 0.4) is 0 Å². The van der Waals surface area contributed by atoms with Gasteiger partial charge < -0.3 is 0 Å². The van der Waals surface area contributed by atoms with Gasteiger partial charge in [0.1, 0.15) is 0 Å². The molecule has 13 heavy (non-hydrogen) atoms. The zero-order chi connectivity index (χ0) is 9.10. The molecule has 4 heteroatoms. The van der Waals surface area contributed by atoms with Crippen molar-refractivity contribution in [2.24, 2.45) is 0 Å². The van der Waals surface area contributed by atoms with Gasteiger partial charge in [-0.25, -0.2) is 0 Å². The van der Waals surface area contributed by atoms with Crippen LogP contribution in [-0.2, 0) is 0 Å². The Morgan fingerprint density at radius 3 is 2.69 bits per heavy atom. The van der Waals surface area contributed by atoms with Gasteiger partial charge in [-0.05, 0) is 23.9 Å². The van der Waals surface area contributed by atoms with E-state index in [9.17, 15) is 0 Å². The average Bonchev–Trinajstić information content (AvgIpc) is 2.71. The summed E-state index contributed by atoms with van der Waals surface area (Å²) in [7, 11) is 0. The highest BCUT2D eigenvalue weighted by atomic mass is 32.3. The van der Waals surface area contributed by atoms with Crippen LogP contribution in [0.25, 0.3) is 5.57 Å². The molecule has 0 unspecified atom stereocenters. The van der Waals surface area contributed by atoms with E-state index in [0.29, 0.717) is 0 Å². The van der Waals surface area contributed by atoms with Crippen LogP contribution >= 0.6 is 46.6 Å². The number of rotatable bonds is 1. The summed E-state index contributed by atoms with van der Waals surface area (Å²) in [5.74, 6) is 0. The molecule has 0 atom stereocenters. The van der Waals surface area contributed by atoms with Crippen molar-refractivity contribution < 1.29 is 0 Å². The molecular formula is C9H10S4. The molecule has 0 nitrogen and oxygen atoms in total. The molecule has 0 aromatic carbocycles. The molecule has 2 rings (SSSR count). The third-order valence-corrected chi connectivity index (χ3v) is 6.85. The maximum atomic E-state index is 2.23. The normalized spacial score (nSPS) is 17.5. The van der Waals surface area contributed by atoms with E-state index in [1.165, 1.54) is 24.9 Å². The zero-order valence-corrected chi connectivity index (χ0v) is 10.5. The fourth-order valence-electron chi connectivity index (χ4n) is 1.08. The number of thioether (sulfide) groups is 3. The minimum atomic E-state index is 1.21. The Kier molecular flexibility index (Phi) is 3.72. The highest BCUT2D eigenvalue weighted by molar-refractivity contribution is 8.36. The summed E-state index contributed by atoms with van der Waals surface area (Å²) < 4.78 is 1.52. The van der Waals surface area contributed by atoms with Crippen molar-refractivity contribution in [1.29, 1.82) is 0 Å². The minimum Gasteiger partial charge on any atom is -0.144 e. The van der Waals surface area contributed by atoms with Gasteiger partial charge >= 0.3 is 0 Å². The van der Waals surface area contributed by atoms with Crippen LogP contribution in [0.1, 0.15) is 11.8 Å². The molecule has 2 heterocycles. The molecule has 1 aliphatic rings. The van der Waals surface area contributed by atoms with E-state index in [-0.39, 0.29) is 0 Å². The molecule has 0 spiro atoms. The van der Waals surface area contributed by atoms with E-state index in [4.69, 9.17) is 0 Å². The average molecular weight is 246 g/mol. The van der Waals surface area contributed by atoms with Crippen LogP contribution in [0.5, 0.6) is 0 Å². The smallest absolute Gasteiger partial charge is 0.0460 e. The minimum absolute atomic E-state index is 1.21. The number of hydrogen-bond donors (Lipinski definition) is 0. The fraction of sp³-hybridized carbons (Fsp3) is 0.333. The second-order valence-electron chi connectivity index (χ2n) is 2.62. The molecule has 0 bridgehead atoms. The summed E-state index contributed by atoms with van der Waals surface area (Å²) in [6.45, 7) is 2.23. The lowest BCUT2D eigenvalue weighted by Crippen LogP contribution is -1.87. The Bertz CT molecular complexity index is 291. The third kappa shape index (κ3) is 2.49. The molecule has 0 radical (unpaired) electrons. The first-order valence-electron chi connectivity index (χ1n) is 3.96. The SMILES string of the molecule is CC(=C1SCSCS1)c1cccs1. The Hall–Kier alpha value is 0.490. The Morgan fingerprint density at radius 1 is 1.31 bits per heavy atom. The van der Waals surface area contributed by atoms with Gasteiger partial charge in [0.05, 0.1) is 0 Å². The van der Waals surface area contributed by atoms with Gasteiger partial charge in [0.2, 0.25) is 0 Å². The van der Waals surface area contributed by atoms with Crippen molar-refractivity contribution in [3.8, 4) is 0 Å². The Morgan fingerprint density at radius 2 is 2.08 bits per heavy atom. The van der Waals surface area contributed by atoms with Crippen molar-refractivity contribution in [1.82, 2.24) is 0 Å². The lowest BCUT2D eigenvalue weighted by molar-refractivity contribution is 1.72. The largest absolute Gasteiger partial charge is 0.144 e. The Balaban J connectivity index is 2.22. The maximum Gasteiger partial charge on any atom is 0.0460 e. The van der Waals surface area contributed by atoms with Crippen LogP contribution in [0, 0.1) is 0 Å². The van der Waals surface area contributed by atoms with Crippen molar-refractivity contribution >= 4 is 52.2 Å². The fourth-order valence-corrected chi connectivity index (χ4v) is 6.20. The monoisotopic (exact) mass is 246 g/mol. The predicted octanol–water partition coefficient (Wildman–Crippen LogP) is 4.56. The van der Waals surface area contributed by atoms with E-state index in [1.807, 2.05) is 46.6 Å². The molecule has 1 fully saturated rings. The second kappa shape index (κ2) is 4.82. The van der Waals surface area contributed by atoms with Gasteiger partial charge in [0.25, 0.3) is 0 Å². The summed E-state index contributed by atoms with van der Waals surface area (Å²) in [6, 6.07) is 4.33. The van der Waals surface area contributed by atoms with Gasteiger partial charge in [-0.15, -0.1) is 46.6 Å². The van der Waals surface area contributed by atoms with E-state index in [0.717, 1.165) is 0 Å². The summed E-state index contributed by atoms with van der Waals surface area (Å²) in [5.41, 5.74) is 1.46. The lowest BCUT2D eigenvalue weighted by Gasteiger charge is -2.14. The molecule has 0 saturated carbocycles. The summed E-state index contributed by atoms with van der Waals surface area (Å²) >= 11 is 7.81. The van der Waals surface area contributed by atoms with E-state index in [2.05, 4.69) is 24.4 Å². The summed E-state index contributed by atoms with van der Waals surface area (Å²) in [5, 5.41) is 4.57. The molecule has 0 amide bonds. The van der Waals surface area contributed by atoms with Gasteiger partial charge in [0.15, 0.2) is 0 Å². The molecule has 1 saturated heterocycles. The molecule has 70 valence electrons. The Labute approximate surface area is 95.6 Å². The molecule has 0 aliphatic carbocycles. The van der Waals surface area contributed by atoms with Crippen LogP contribution in [0.2, 0.25) is 0 Å². The van der Waals surface area contributed by atoms with Gasteiger partial charge in [-0.3, -0.25) is 0 Å². The molecule has 1 aromatic heterocycles. The topological polar surface area (TPSA) is 0 Å². The van der Waals surface area contributed by atoms with Gasteiger partial charge in [-0.2, -0.15) is 0 Å².